The number of piperidine rings is 1. The molecule has 4 rings (SSSR count). The molecule has 2 heterocycles. The summed E-state index contributed by atoms with van der Waals surface area (Å²) in [6.07, 6.45) is 5.25. The number of carbonyl (C=O) groups is 1. The molecule has 0 unspecified atom stereocenters. The van der Waals surface area contributed by atoms with Crippen LogP contribution in [-0.4, -0.2) is 57.5 Å². The summed E-state index contributed by atoms with van der Waals surface area (Å²) >= 11 is 1.65. The molecule has 1 amide bonds. The summed E-state index contributed by atoms with van der Waals surface area (Å²) in [5, 5.41) is 12.9. The minimum Gasteiger partial charge on any atom is -0.355 e. The molecule has 0 aliphatic carbocycles. The molecule has 1 aromatic heterocycles. The predicted octanol–water partition coefficient (Wildman–Crippen LogP) is 4.72. The van der Waals surface area contributed by atoms with E-state index in [2.05, 4.69) is 68.3 Å². The van der Waals surface area contributed by atoms with Gasteiger partial charge in [0.05, 0.1) is 0 Å². The van der Waals surface area contributed by atoms with Crippen molar-refractivity contribution in [3.05, 3.63) is 60.2 Å². The summed E-state index contributed by atoms with van der Waals surface area (Å²) in [6, 6.07) is 18.5. The van der Waals surface area contributed by atoms with Gasteiger partial charge in [-0.25, -0.2) is 0 Å². The summed E-state index contributed by atoms with van der Waals surface area (Å²) in [5.74, 6) is 1.79. The quantitative estimate of drug-likeness (QED) is 0.348. The molecular weight excluding hydrogens is 430 g/mol. The van der Waals surface area contributed by atoms with E-state index in [0.29, 0.717) is 6.42 Å². The fourth-order valence-electron chi connectivity index (χ4n) is 4.16. The van der Waals surface area contributed by atoms with Crippen molar-refractivity contribution < 1.29 is 4.79 Å². The van der Waals surface area contributed by atoms with Crippen molar-refractivity contribution in [3.8, 4) is 17.1 Å². The summed E-state index contributed by atoms with van der Waals surface area (Å²) in [6.45, 7) is 6.13. The van der Waals surface area contributed by atoms with Crippen molar-refractivity contribution in [2.75, 3.05) is 31.9 Å². The van der Waals surface area contributed by atoms with Crippen LogP contribution in [0.2, 0.25) is 0 Å². The SMILES string of the molecule is Cc1cccc(-n2c(SCCCC(=O)NCCN3CCCCC3)nnc2-c2ccccc2)c1. The van der Waals surface area contributed by atoms with Crippen LogP contribution in [0.15, 0.2) is 59.8 Å². The molecule has 0 spiro atoms. The molecule has 3 aromatic rings. The van der Waals surface area contributed by atoms with Crippen LogP contribution in [0.25, 0.3) is 17.1 Å². The van der Waals surface area contributed by atoms with Gasteiger partial charge in [-0.1, -0.05) is 60.6 Å². The first-order valence-electron chi connectivity index (χ1n) is 11.9. The number of aromatic nitrogens is 3. The highest BCUT2D eigenvalue weighted by atomic mass is 32.2. The van der Waals surface area contributed by atoms with Crippen LogP contribution >= 0.6 is 11.8 Å². The van der Waals surface area contributed by atoms with E-state index in [0.717, 1.165) is 47.5 Å². The lowest BCUT2D eigenvalue weighted by molar-refractivity contribution is -0.121. The third kappa shape index (κ3) is 6.68. The fraction of sp³-hybridized carbons (Fsp3) is 0.423. The second kappa shape index (κ2) is 12.0. The maximum absolute atomic E-state index is 12.2. The summed E-state index contributed by atoms with van der Waals surface area (Å²) in [4.78, 5) is 14.7. The molecule has 33 heavy (non-hydrogen) atoms. The summed E-state index contributed by atoms with van der Waals surface area (Å²) < 4.78 is 2.12. The zero-order valence-electron chi connectivity index (χ0n) is 19.4. The van der Waals surface area contributed by atoms with Gasteiger partial charge in [0.1, 0.15) is 0 Å². The number of nitrogens with zero attached hydrogens (tertiary/aromatic N) is 4. The molecule has 0 atom stereocenters. The van der Waals surface area contributed by atoms with Gasteiger partial charge in [0.2, 0.25) is 5.91 Å². The van der Waals surface area contributed by atoms with Gasteiger partial charge >= 0.3 is 0 Å². The molecule has 0 radical (unpaired) electrons. The lowest BCUT2D eigenvalue weighted by atomic mass is 10.1. The topological polar surface area (TPSA) is 63.1 Å². The molecular formula is C26H33N5OS. The minimum absolute atomic E-state index is 0.137. The van der Waals surface area contributed by atoms with Gasteiger partial charge in [0.25, 0.3) is 0 Å². The first kappa shape index (κ1) is 23.5. The largest absolute Gasteiger partial charge is 0.355 e. The molecule has 6 nitrogen and oxygen atoms in total. The first-order valence-corrected chi connectivity index (χ1v) is 12.9. The standard InChI is InChI=1S/C26H33N5OS/c1-21-10-8-13-23(20-21)31-25(22-11-4-2-5-12-22)28-29-26(31)33-19-9-14-24(32)27-15-18-30-16-6-3-7-17-30/h2,4-5,8,10-13,20H,3,6-7,9,14-19H2,1H3,(H,27,32). The Hall–Kier alpha value is -2.64. The molecule has 0 saturated carbocycles. The van der Waals surface area contributed by atoms with Crippen LogP contribution in [0.3, 0.4) is 0 Å². The van der Waals surface area contributed by atoms with Crippen molar-refractivity contribution in [3.63, 3.8) is 0 Å². The Labute approximate surface area is 200 Å². The van der Waals surface area contributed by atoms with E-state index in [-0.39, 0.29) is 5.91 Å². The van der Waals surface area contributed by atoms with E-state index in [4.69, 9.17) is 0 Å². The summed E-state index contributed by atoms with van der Waals surface area (Å²) in [7, 11) is 0. The number of hydrogen-bond acceptors (Lipinski definition) is 5. The Morgan fingerprint density at radius 3 is 2.64 bits per heavy atom. The fourth-order valence-corrected chi connectivity index (χ4v) is 5.05. The summed E-state index contributed by atoms with van der Waals surface area (Å²) in [5.41, 5.74) is 3.28. The molecule has 1 N–H and O–H groups in total. The number of carbonyl (C=O) groups excluding carboxylic acids is 1. The van der Waals surface area contributed by atoms with Crippen LogP contribution in [0, 0.1) is 6.92 Å². The van der Waals surface area contributed by atoms with Crippen LogP contribution in [0.1, 0.15) is 37.7 Å². The third-order valence-corrected chi connectivity index (χ3v) is 6.92. The van der Waals surface area contributed by atoms with Crippen molar-refractivity contribution >= 4 is 17.7 Å². The highest BCUT2D eigenvalue weighted by Crippen LogP contribution is 2.28. The number of likely N-dealkylation sites (tertiary alicyclic amines) is 1. The van der Waals surface area contributed by atoms with Gasteiger partial charge in [-0.2, -0.15) is 0 Å². The van der Waals surface area contributed by atoms with Gasteiger partial charge in [0, 0.05) is 36.5 Å². The van der Waals surface area contributed by atoms with Gasteiger partial charge in [-0.3, -0.25) is 9.36 Å². The van der Waals surface area contributed by atoms with Crippen LogP contribution in [0.5, 0.6) is 0 Å². The van der Waals surface area contributed by atoms with Gasteiger partial charge in [0.15, 0.2) is 11.0 Å². The van der Waals surface area contributed by atoms with E-state index in [1.54, 1.807) is 11.8 Å². The molecule has 174 valence electrons. The van der Waals surface area contributed by atoms with E-state index < -0.39 is 0 Å². The monoisotopic (exact) mass is 463 g/mol. The predicted molar refractivity (Wildman–Crippen MR) is 135 cm³/mol. The lowest BCUT2D eigenvalue weighted by Crippen LogP contribution is -2.37. The molecule has 0 bridgehead atoms. The number of aryl methyl sites for hydroxylation is 1. The van der Waals surface area contributed by atoms with Crippen LogP contribution < -0.4 is 5.32 Å². The number of amides is 1. The number of benzene rings is 2. The van der Waals surface area contributed by atoms with E-state index in [9.17, 15) is 4.79 Å². The average molecular weight is 464 g/mol. The first-order chi connectivity index (χ1) is 16.2. The Balaban J connectivity index is 1.32. The van der Waals surface area contributed by atoms with Crippen LogP contribution in [-0.2, 0) is 4.79 Å². The zero-order valence-corrected chi connectivity index (χ0v) is 20.2. The highest BCUT2D eigenvalue weighted by Gasteiger charge is 2.16. The lowest BCUT2D eigenvalue weighted by Gasteiger charge is -2.26. The molecule has 2 aromatic carbocycles. The average Bonchev–Trinajstić information content (AvgIpc) is 3.27. The zero-order chi connectivity index (χ0) is 22.9. The van der Waals surface area contributed by atoms with Crippen molar-refractivity contribution in [1.29, 1.82) is 0 Å². The second-order valence-electron chi connectivity index (χ2n) is 8.55. The van der Waals surface area contributed by atoms with E-state index in [1.807, 2.05) is 18.2 Å². The van der Waals surface area contributed by atoms with Crippen molar-refractivity contribution in [2.24, 2.45) is 0 Å². The Bertz CT molecular complexity index is 1030. The highest BCUT2D eigenvalue weighted by molar-refractivity contribution is 7.99. The number of rotatable bonds is 10. The molecule has 7 heteroatoms. The molecule has 1 aliphatic heterocycles. The Morgan fingerprint density at radius 1 is 1.03 bits per heavy atom. The Morgan fingerprint density at radius 2 is 1.85 bits per heavy atom. The van der Waals surface area contributed by atoms with E-state index >= 15 is 0 Å². The van der Waals surface area contributed by atoms with Crippen LogP contribution in [0.4, 0.5) is 0 Å². The number of thioether (sulfide) groups is 1. The van der Waals surface area contributed by atoms with E-state index in [1.165, 1.54) is 37.9 Å². The number of nitrogens with one attached hydrogen (secondary N) is 1. The normalized spacial score (nSPS) is 14.3. The minimum atomic E-state index is 0.137. The second-order valence-corrected chi connectivity index (χ2v) is 9.61. The van der Waals surface area contributed by atoms with Gasteiger partial charge in [-0.15, -0.1) is 10.2 Å². The van der Waals surface area contributed by atoms with Gasteiger partial charge < -0.3 is 10.2 Å². The van der Waals surface area contributed by atoms with Crippen molar-refractivity contribution in [2.45, 2.75) is 44.2 Å². The third-order valence-electron chi connectivity index (χ3n) is 5.90. The molecule has 1 aliphatic rings. The molecule has 1 saturated heterocycles. The van der Waals surface area contributed by atoms with Crippen molar-refractivity contribution in [1.82, 2.24) is 25.0 Å². The van der Waals surface area contributed by atoms with Gasteiger partial charge in [-0.05, 0) is 57.0 Å². The maximum atomic E-state index is 12.2. The smallest absolute Gasteiger partial charge is 0.220 e. The number of hydrogen-bond donors (Lipinski definition) is 1. The Kier molecular flexibility index (Phi) is 8.55. The maximum Gasteiger partial charge on any atom is 0.220 e. The molecule has 1 fully saturated rings.